The van der Waals surface area contributed by atoms with Crippen LogP contribution < -0.4 is 0 Å². The average molecular weight is 260 g/mol. The summed E-state index contributed by atoms with van der Waals surface area (Å²) in [7, 11) is 0. The fourth-order valence-electron chi connectivity index (χ4n) is 2.48. The number of hydrogen-bond donors (Lipinski definition) is 0. The highest BCUT2D eigenvalue weighted by molar-refractivity contribution is 6.15. The van der Waals surface area contributed by atoms with Gasteiger partial charge in [0, 0.05) is 11.1 Å². The minimum absolute atomic E-state index is 0.192. The van der Waals surface area contributed by atoms with E-state index in [9.17, 15) is 4.79 Å². The largest absolute Gasteiger partial charge is 0.289 e. The Balaban J connectivity index is 1.85. The van der Waals surface area contributed by atoms with Gasteiger partial charge in [0.15, 0.2) is 5.78 Å². The molecule has 1 heteroatoms. The van der Waals surface area contributed by atoms with E-state index in [4.69, 9.17) is 0 Å². The number of allylic oxidation sites excluding steroid dienone is 2. The van der Waals surface area contributed by atoms with Gasteiger partial charge in [-0.1, -0.05) is 60.7 Å². The van der Waals surface area contributed by atoms with Crippen LogP contribution in [0.5, 0.6) is 0 Å². The van der Waals surface area contributed by atoms with E-state index < -0.39 is 0 Å². The third-order valence-electron chi connectivity index (χ3n) is 3.53. The molecular weight excluding hydrogens is 244 g/mol. The van der Waals surface area contributed by atoms with Crippen molar-refractivity contribution in [1.29, 1.82) is 0 Å². The van der Waals surface area contributed by atoms with Gasteiger partial charge in [0.1, 0.15) is 0 Å². The number of carbonyl (C=O) groups is 1. The van der Waals surface area contributed by atoms with Crippen molar-refractivity contribution in [3.63, 3.8) is 0 Å². The Morgan fingerprint density at radius 1 is 0.650 bits per heavy atom. The fourth-order valence-corrected chi connectivity index (χ4v) is 2.48. The van der Waals surface area contributed by atoms with E-state index >= 15 is 0 Å². The zero-order chi connectivity index (χ0) is 13.8. The van der Waals surface area contributed by atoms with Crippen molar-refractivity contribution in [2.45, 2.75) is 12.8 Å². The van der Waals surface area contributed by atoms with Gasteiger partial charge in [0.05, 0.1) is 0 Å². The highest BCUT2D eigenvalue weighted by Gasteiger charge is 2.22. The van der Waals surface area contributed by atoms with Crippen molar-refractivity contribution in [3.8, 4) is 0 Å². The summed E-state index contributed by atoms with van der Waals surface area (Å²) in [5, 5.41) is 0. The number of benzene rings is 2. The Hall–Kier alpha value is -2.41. The SMILES string of the molecule is O=C1/C(=C/c2ccccc2)CC/C1=C\c1ccccc1. The first-order valence-electron chi connectivity index (χ1n) is 6.89. The summed E-state index contributed by atoms with van der Waals surface area (Å²) in [4.78, 5) is 12.4. The first-order valence-corrected chi connectivity index (χ1v) is 6.89. The number of hydrogen-bond acceptors (Lipinski definition) is 1. The van der Waals surface area contributed by atoms with Gasteiger partial charge in [-0.15, -0.1) is 0 Å². The molecule has 98 valence electrons. The lowest BCUT2D eigenvalue weighted by Crippen LogP contribution is -1.95. The number of Topliss-reactive ketones (excluding diaryl/α,β-unsaturated/α-hetero) is 1. The third kappa shape index (κ3) is 2.77. The van der Waals surface area contributed by atoms with E-state index in [1.807, 2.05) is 72.8 Å². The molecule has 0 heterocycles. The van der Waals surface area contributed by atoms with Crippen molar-refractivity contribution in [1.82, 2.24) is 0 Å². The summed E-state index contributed by atoms with van der Waals surface area (Å²) in [6.07, 6.45) is 5.70. The fraction of sp³-hybridized carbons (Fsp3) is 0.105. The van der Waals surface area contributed by atoms with Crippen LogP contribution in [0.25, 0.3) is 12.2 Å². The van der Waals surface area contributed by atoms with Crippen LogP contribution in [0.2, 0.25) is 0 Å². The Morgan fingerprint density at radius 2 is 1.05 bits per heavy atom. The quantitative estimate of drug-likeness (QED) is 0.726. The topological polar surface area (TPSA) is 17.1 Å². The van der Waals surface area contributed by atoms with E-state index in [1.165, 1.54) is 0 Å². The molecule has 3 rings (SSSR count). The molecule has 0 radical (unpaired) electrons. The molecule has 0 amide bonds. The van der Waals surface area contributed by atoms with E-state index in [-0.39, 0.29) is 5.78 Å². The second-order valence-corrected chi connectivity index (χ2v) is 4.99. The van der Waals surface area contributed by atoms with Gasteiger partial charge in [0.2, 0.25) is 0 Å². The van der Waals surface area contributed by atoms with Crippen molar-refractivity contribution < 1.29 is 4.79 Å². The van der Waals surface area contributed by atoms with E-state index in [0.717, 1.165) is 35.1 Å². The number of rotatable bonds is 2. The zero-order valence-electron chi connectivity index (χ0n) is 11.3. The minimum Gasteiger partial charge on any atom is -0.289 e. The lowest BCUT2D eigenvalue weighted by molar-refractivity contribution is -0.111. The van der Waals surface area contributed by atoms with Gasteiger partial charge >= 0.3 is 0 Å². The Labute approximate surface area is 119 Å². The number of ketones is 1. The monoisotopic (exact) mass is 260 g/mol. The predicted molar refractivity (Wildman–Crippen MR) is 83.1 cm³/mol. The molecule has 1 nitrogen and oxygen atoms in total. The van der Waals surface area contributed by atoms with Crippen LogP contribution in [-0.2, 0) is 4.79 Å². The third-order valence-corrected chi connectivity index (χ3v) is 3.53. The van der Waals surface area contributed by atoms with Crippen molar-refractivity contribution in [3.05, 3.63) is 82.9 Å². The van der Waals surface area contributed by atoms with Crippen molar-refractivity contribution >= 4 is 17.9 Å². The molecule has 1 saturated carbocycles. The molecule has 0 aromatic heterocycles. The zero-order valence-corrected chi connectivity index (χ0v) is 11.3. The molecule has 1 fully saturated rings. The molecular formula is C19H16O. The lowest BCUT2D eigenvalue weighted by atomic mass is 10.1. The van der Waals surface area contributed by atoms with Crippen LogP contribution >= 0.6 is 0 Å². The normalized spacial score (nSPS) is 18.9. The second kappa shape index (κ2) is 5.70. The Kier molecular flexibility index (Phi) is 3.60. The lowest BCUT2D eigenvalue weighted by Gasteiger charge is -1.97. The first kappa shape index (κ1) is 12.6. The maximum atomic E-state index is 12.4. The summed E-state index contributed by atoms with van der Waals surface area (Å²) >= 11 is 0. The van der Waals surface area contributed by atoms with Gasteiger partial charge in [-0.25, -0.2) is 0 Å². The molecule has 2 aromatic carbocycles. The van der Waals surface area contributed by atoms with Crippen molar-refractivity contribution in [2.75, 3.05) is 0 Å². The highest BCUT2D eigenvalue weighted by Crippen LogP contribution is 2.29. The smallest absolute Gasteiger partial charge is 0.185 e. The average Bonchev–Trinajstić information content (AvgIpc) is 2.83. The predicted octanol–water partition coefficient (Wildman–Crippen LogP) is 4.52. The molecule has 0 N–H and O–H groups in total. The summed E-state index contributed by atoms with van der Waals surface area (Å²) in [6.45, 7) is 0. The van der Waals surface area contributed by atoms with Crippen LogP contribution in [-0.4, -0.2) is 5.78 Å². The molecule has 2 aromatic rings. The van der Waals surface area contributed by atoms with Crippen molar-refractivity contribution in [2.24, 2.45) is 0 Å². The van der Waals surface area contributed by atoms with E-state index in [2.05, 4.69) is 0 Å². The maximum absolute atomic E-state index is 12.4. The van der Waals surface area contributed by atoms with Crippen LogP contribution in [0.15, 0.2) is 71.8 Å². The number of carbonyl (C=O) groups excluding carboxylic acids is 1. The molecule has 0 saturated heterocycles. The van der Waals surface area contributed by atoms with Gasteiger partial charge in [0.25, 0.3) is 0 Å². The second-order valence-electron chi connectivity index (χ2n) is 4.99. The van der Waals surface area contributed by atoms with Crippen LogP contribution in [0, 0.1) is 0 Å². The molecule has 1 aliphatic rings. The van der Waals surface area contributed by atoms with Gasteiger partial charge < -0.3 is 0 Å². The summed E-state index contributed by atoms with van der Waals surface area (Å²) in [5.74, 6) is 0.192. The van der Waals surface area contributed by atoms with Gasteiger partial charge in [-0.2, -0.15) is 0 Å². The molecule has 0 atom stereocenters. The van der Waals surface area contributed by atoms with Gasteiger partial charge in [-0.05, 0) is 36.1 Å². The van der Waals surface area contributed by atoms with E-state index in [1.54, 1.807) is 0 Å². The summed E-state index contributed by atoms with van der Waals surface area (Å²) < 4.78 is 0. The molecule has 0 spiro atoms. The van der Waals surface area contributed by atoms with Crippen LogP contribution in [0.4, 0.5) is 0 Å². The first-order chi connectivity index (χ1) is 9.83. The Bertz CT molecular complexity index is 604. The Morgan fingerprint density at radius 3 is 1.45 bits per heavy atom. The standard InChI is InChI=1S/C19H16O/c20-19-17(13-15-7-3-1-4-8-15)11-12-18(19)14-16-9-5-2-6-10-16/h1-10,13-14H,11-12H2/b17-13+,18-14+. The summed E-state index contributed by atoms with van der Waals surface area (Å²) in [5.41, 5.74) is 4.02. The van der Waals surface area contributed by atoms with Crippen LogP contribution in [0.3, 0.4) is 0 Å². The molecule has 0 unspecified atom stereocenters. The molecule has 0 aliphatic heterocycles. The maximum Gasteiger partial charge on any atom is 0.185 e. The summed E-state index contributed by atoms with van der Waals surface area (Å²) in [6, 6.07) is 20.0. The highest BCUT2D eigenvalue weighted by atomic mass is 16.1. The minimum atomic E-state index is 0.192. The molecule has 1 aliphatic carbocycles. The van der Waals surface area contributed by atoms with E-state index in [0.29, 0.717) is 0 Å². The van der Waals surface area contributed by atoms with Crippen LogP contribution in [0.1, 0.15) is 24.0 Å². The molecule has 20 heavy (non-hydrogen) atoms. The van der Waals surface area contributed by atoms with Gasteiger partial charge in [-0.3, -0.25) is 4.79 Å². The molecule has 0 bridgehead atoms.